The van der Waals surface area contributed by atoms with E-state index in [0.717, 1.165) is 67.6 Å². The van der Waals surface area contributed by atoms with E-state index in [1.807, 2.05) is 6.07 Å². The second kappa shape index (κ2) is 7.18. The zero-order valence-electron chi connectivity index (χ0n) is 17.0. The lowest BCUT2D eigenvalue weighted by Crippen LogP contribution is -2.52. The molecule has 2 aromatic rings. The molecule has 2 amide bonds. The largest absolute Gasteiger partial charge is 0.459 e. The Bertz CT molecular complexity index is 940. The number of furan rings is 1. The summed E-state index contributed by atoms with van der Waals surface area (Å²) in [6.45, 7) is 6.74. The van der Waals surface area contributed by atoms with Gasteiger partial charge in [0.15, 0.2) is 0 Å². The van der Waals surface area contributed by atoms with E-state index in [0.29, 0.717) is 10.7 Å². The Hall–Kier alpha value is -1.76. The summed E-state index contributed by atoms with van der Waals surface area (Å²) in [7, 11) is 0. The fraction of sp³-hybridized carbons (Fsp3) is 0.591. The molecule has 1 saturated heterocycles. The highest BCUT2D eigenvalue weighted by atomic mass is 35.5. The molecule has 0 bridgehead atoms. The van der Waals surface area contributed by atoms with E-state index in [2.05, 4.69) is 35.4 Å². The summed E-state index contributed by atoms with van der Waals surface area (Å²) in [6, 6.07) is 3.83. The zero-order valence-corrected chi connectivity index (χ0v) is 17.8. The van der Waals surface area contributed by atoms with Crippen molar-refractivity contribution in [2.45, 2.75) is 70.2 Å². The van der Waals surface area contributed by atoms with Gasteiger partial charge in [-0.15, -0.1) is 0 Å². The quantitative estimate of drug-likeness (QED) is 0.722. The lowest BCUT2D eigenvalue weighted by molar-refractivity contribution is -0.0717. The number of carbonyl (C=O) groups excluding carboxylic acids is 1. The van der Waals surface area contributed by atoms with Crippen LogP contribution in [0, 0.1) is 0 Å². The van der Waals surface area contributed by atoms with E-state index in [4.69, 9.17) is 20.8 Å². The molecule has 0 unspecified atom stereocenters. The van der Waals surface area contributed by atoms with Crippen LogP contribution >= 0.6 is 11.6 Å². The summed E-state index contributed by atoms with van der Waals surface area (Å²) in [5, 5.41) is 7.72. The van der Waals surface area contributed by atoms with E-state index in [1.54, 1.807) is 0 Å². The summed E-state index contributed by atoms with van der Waals surface area (Å²) < 4.78 is 12.3. The standard InChI is InChI=1S/C22H28ClN3O3/c1-13-10-26(11-14(2)28-13)12-16-8-15-9-17(23)19-18(20(15)29-16)22(25-21(27)24-19)6-4-3-5-7-22/h8-9,13-14H,3-7,10-12H2,1-2H3,(H2,24,25,27)/t13-,14+. The third-order valence-electron chi connectivity index (χ3n) is 6.46. The van der Waals surface area contributed by atoms with Gasteiger partial charge in [-0.25, -0.2) is 4.79 Å². The molecule has 1 aromatic heterocycles. The molecular formula is C22H28ClN3O3. The summed E-state index contributed by atoms with van der Waals surface area (Å²) in [4.78, 5) is 14.8. The molecule has 1 spiro atoms. The number of hydrogen-bond acceptors (Lipinski definition) is 4. The molecule has 2 atom stereocenters. The number of carbonyl (C=O) groups is 1. The first-order chi connectivity index (χ1) is 13.9. The fourth-order valence-corrected chi connectivity index (χ4v) is 5.71. The SMILES string of the molecule is C[C@@H]1CN(Cc2cc3cc(Cl)c4c(c3o2)C2(CCCCC2)NC(=O)N4)C[C@H](C)O1. The summed E-state index contributed by atoms with van der Waals surface area (Å²) in [5.74, 6) is 0.925. The first kappa shape index (κ1) is 19.2. The molecule has 2 aliphatic heterocycles. The monoisotopic (exact) mass is 417 g/mol. The van der Waals surface area contributed by atoms with Crippen LogP contribution in [0.15, 0.2) is 16.5 Å². The van der Waals surface area contributed by atoms with Gasteiger partial charge in [0.05, 0.1) is 35.0 Å². The van der Waals surface area contributed by atoms with Crippen LogP contribution in [-0.2, 0) is 16.8 Å². The number of benzene rings is 1. The molecule has 1 saturated carbocycles. The number of anilines is 1. The van der Waals surface area contributed by atoms with Crippen molar-refractivity contribution in [1.82, 2.24) is 10.2 Å². The number of morpholine rings is 1. The maximum Gasteiger partial charge on any atom is 0.319 e. The minimum atomic E-state index is -0.393. The zero-order chi connectivity index (χ0) is 20.2. The lowest BCUT2D eigenvalue weighted by atomic mass is 9.74. The summed E-state index contributed by atoms with van der Waals surface area (Å²) in [6.07, 6.45) is 5.64. The van der Waals surface area contributed by atoms with Crippen molar-refractivity contribution >= 4 is 34.3 Å². The molecule has 3 aliphatic rings. The van der Waals surface area contributed by atoms with Crippen LogP contribution in [0.25, 0.3) is 11.0 Å². The molecule has 5 rings (SSSR count). The van der Waals surface area contributed by atoms with Gasteiger partial charge in [0, 0.05) is 24.0 Å². The number of nitrogens with zero attached hydrogens (tertiary/aromatic N) is 1. The van der Waals surface area contributed by atoms with Crippen LogP contribution in [0.3, 0.4) is 0 Å². The van der Waals surface area contributed by atoms with Crippen molar-refractivity contribution in [2.75, 3.05) is 18.4 Å². The predicted molar refractivity (Wildman–Crippen MR) is 113 cm³/mol. The molecule has 29 heavy (non-hydrogen) atoms. The van der Waals surface area contributed by atoms with Gasteiger partial charge in [-0.05, 0) is 38.8 Å². The van der Waals surface area contributed by atoms with Gasteiger partial charge in [-0.3, -0.25) is 4.90 Å². The van der Waals surface area contributed by atoms with Crippen LogP contribution < -0.4 is 10.6 Å². The van der Waals surface area contributed by atoms with Gasteiger partial charge >= 0.3 is 6.03 Å². The van der Waals surface area contributed by atoms with Crippen molar-refractivity contribution in [3.63, 3.8) is 0 Å². The Morgan fingerprint density at radius 3 is 2.62 bits per heavy atom. The Labute approximate surface area is 175 Å². The molecule has 0 radical (unpaired) electrons. The van der Waals surface area contributed by atoms with Crippen LogP contribution in [0.5, 0.6) is 0 Å². The summed E-state index contributed by atoms with van der Waals surface area (Å²) >= 11 is 6.62. The van der Waals surface area contributed by atoms with E-state index in [-0.39, 0.29) is 18.2 Å². The van der Waals surface area contributed by atoms with Gasteiger partial charge in [-0.1, -0.05) is 30.9 Å². The van der Waals surface area contributed by atoms with E-state index in [9.17, 15) is 4.79 Å². The van der Waals surface area contributed by atoms with Crippen LogP contribution in [0.1, 0.15) is 57.3 Å². The van der Waals surface area contributed by atoms with Gasteiger partial charge in [0.2, 0.25) is 0 Å². The third-order valence-corrected chi connectivity index (χ3v) is 6.76. The van der Waals surface area contributed by atoms with Crippen molar-refractivity contribution in [2.24, 2.45) is 0 Å². The van der Waals surface area contributed by atoms with E-state index >= 15 is 0 Å². The maximum absolute atomic E-state index is 12.4. The van der Waals surface area contributed by atoms with Crippen molar-refractivity contribution in [3.8, 4) is 0 Å². The number of urea groups is 1. The number of rotatable bonds is 2. The minimum Gasteiger partial charge on any atom is -0.459 e. The lowest BCUT2D eigenvalue weighted by Gasteiger charge is -2.42. The topological polar surface area (TPSA) is 66.7 Å². The predicted octanol–water partition coefficient (Wildman–Crippen LogP) is 4.99. The van der Waals surface area contributed by atoms with Gasteiger partial charge < -0.3 is 19.8 Å². The molecule has 156 valence electrons. The normalized spacial score (nSPS) is 26.9. The Morgan fingerprint density at radius 1 is 1.17 bits per heavy atom. The van der Waals surface area contributed by atoms with Crippen molar-refractivity contribution < 1.29 is 13.9 Å². The molecule has 6 nitrogen and oxygen atoms in total. The van der Waals surface area contributed by atoms with E-state index in [1.165, 1.54) is 6.42 Å². The second-order valence-electron chi connectivity index (χ2n) is 8.91. The third kappa shape index (κ3) is 3.41. The molecule has 2 N–H and O–H groups in total. The number of hydrogen-bond donors (Lipinski definition) is 2. The average Bonchev–Trinajstić information content (AvgIpc) is 3.03. The molecule has 3 heterocycles. The van der Waals surface area contributed by atoms with Crippen LogP contribution in [0.4, 0.5) is 10.5 Å². The number of amides is 2. The molecule has 1 aromatic carbocycles. The fourth-order valence-electron chi connectivity index (χ4n) is 5.45. The number of fused-ring (bicyclic) bond motifs is 4. The number of ether oxygens (including phenoxy) is 1. The van der Waals surface area contributed by atoms with Gasteiger partial charge in [0.1, 0.15) is 11.3 Å². The molecule has 1 aliphatic carbocycles. The second-order valence-corrected chi connectivity index (χ2v) is 9.32. The van der Waals surface area contributed by atoms with Gasteiger partial charge in [-0.2, -0.15) is 0 Å². The summed E-state index contributed by atoms with van der Waals surface area (Å²) in [5.41, 5.74) is 2.19. The highest BCUT2D eigenvalue weighted by Gasteiger charge is 2.43. The Morgan fingerprint density at radius 2 is 1.90 bits per heavy atom. The van der Waals surface area contributed by atoms with Crippen molar-refractivity contribution in [3.05, 3.63) is 28.5 Å². The Kier molecular flexibility index (Phi) is 4.76. The number of halogens is 1. The average molecular weight is 418 g/mol. The molecule has 7 heteroatoms. The van der Waals surface area contributed by atoms with E-state index < -0.39 is 5.54 Å². The Balaban J connectivity index is 1.56. The van der Waals surface area contributed by atoms with Crippen LogP contribution in [0.2, 0.25) is 5.02 Å². The highest BCUT2D eigenvalue weighted by molar-refractivity contribution is 6.35. The molecular weight excluding hydrogens is 390 g/mol. The van der Waals surface area contributed by atoms with Crippen molar-refractivity contribution in [1.29, 1.82) is 0 Å². The first-order valence-electron chi connectivity index (χ1n) is 10.7. The smallest absolute Gasteiger partial charge is 0.319 e. The number of nitrogens with one attached hydrogen (secondary N) is 2. The highest BCUT2D eigenvalue weighted by Crippen LogP contribution is 2.49. The van der Waals surface area contributed by atoms with Gasteiger partial charge in [0.25, 0.3) is 0 Å². The van der Waals surface area contributed by atoms with Crippen LogP contribution in [-0.4, -0.2) is 36.2 Å². The minimum absolute atomic E-state index is 0.177. The maximum atomic E-state index is 12.4. The molecule has 2 fully saturated rings. The first-order valence-corrected chi connectivity index (χ1v) is 11.0.